The number of halogens is 1. The predicted octanol–water partition coefficient (Wildman–Crippen LogP) is 7.92. The summed E-state index contributed by atoms with van der Waals surface area (Å²) in [6, 6.07) is 32.7. The van der Waals surface area contributed by atoms with Gasteiger partial charge in [0.05, 0.1) is 46.5 Å². The summed E-state index contributed by atoms with van der Waals surface area (Å²) in [5.41, 5.74) is 7.09. The van der Waals surface area contributed by atoms with Gasteiger partial charge in [0, 0.05) is 55.2 Å². The van der Waals surface area contributed by atoms with Gasteiger partial charge in [0.2, 0.25) is 0 Å². The molecule has 8 aromatic rings. The number of ether oxygens (including phenoxy) is 1. The van der Waals surface area contributed by atoms with Crippen molar-refractivity contribution in [1.82, 2.24) is 29.1 Å². The van der Waals surface area contributed by atoms with Gasteiger partial charge in [0.1, 0.15) is 17.4 Å². The van der Waals surface area contributed by atoms with Gasteiger partial charge in [-0.05, 0) is 78.9 Å². The lowest BCUT2D eigenvalue weighted by Gasteiger charge is -2.09. The first kappa shape index (κ1) is 34.2. The highest BCUT2D eigenvalue weighted by Crippen LogP contribution is 2.28. The van der Waals surface area contributed by atoms with Crippen LogP contribution >= 0.6 is 0 Å². The van der Waals surface area contributed by atoms with Crippen LogP contribution in [0.4, 0.5) is 15.8 Å². The summed E-state index contributed by atoms with van der Waals surface area (Å²) in [6.07, 6.45) is 6.19. The van der Waals surface area contributed by atoms with E-state index in [-0.39, 0.29) is 11.8 Å². The van der Waals surface area contributed by atoms with Crippen molar-refractivity contribution in [1.29, 1.82) is 0 Å². The summed E-state index contributed by atoms with van der Waals surface area (Å²) in [6.45, 7) is 0. The van der Waals surface area contributed by atoms with Crippen LogP contribution in [0.25, 0.3) is 44.8 Å². The van der Waals surface area contributed by atoms with Crippen LogP contribution in [0.3, 0.4) is 0 Å². The smallest absolute Gasteiger partial charge is 0.259 e. The number of methoxy groups -OCH3 is 1. The Bertz CT molecular complexity index is 2590. The Labute approximate surface area is 303 Å². The van der Waals surface area contributed by atoms with Gasteiger partial charge in [-0.2, -0.15) is 0 Å². The standard InChI is InChI=1S/C21H17FN4O2.C20H16N4O/c1-26-18-11-13(24-21(27)15-5-3-4-6-19(15)28-2)7-8-17(18)25-20(26)14-9-10-23-12-16(14)22;1-24-18-13-16(22-20(25)15-5-3-2-4-6-15)7-8-17(18)23-19(24)14-9-11-21-12-10-14/h3-12H,1-2H3,(H,24,27);2-13H,1H3,(H,22,25). The third-order valence-corrected chi connectivity index (χ3v) is 8.62. The van der Waals surface area contributed by atoms with Gasteiger partial charge in [-0.3, -0.25) is 19.6 Å². The van der Waals surface area contributed by atoms with Gasteiger partial charge in [-0.25, -0.2) is 14.4 Å². The molecule has 0 aliphatic rings. The maximum atomic E-state index is 14.1. The summed E-state index contributed by atoms with van der Waals surface area (Å²) in [4.78, 5) is 42.0. The second kappa shape index (κ2) is 15.0. The highest BCUT2D eigenvalue weighted by Gasteiger charge is 2.16. The number of anilines is 2. The molecule has 4 heterocycles. The average Bonchev–Trinajstić information content (AvgIpc) is 3.70. The van der Waals surface area contributed by atoms with Crippen molar-refractivity contribution in [2.45, 2.75) is 0 Å². The molecular weight excluding hydrogens is 672 g/mol. The van der Waals surface area contributed by atoms with Crippen LogP contribution in [0.2, 0.25) is 0 Å². The lowest BCUT2D eigenvalue weighted by atomic mass is 10.2. The third kappa shape index (κ3) is 7.19. The van der Waals surface area contributed by atoms with Gasteiger partial charge < -0.3 is 24.5 Å². The number of imidazole rings is 2. The summed E-state index contributed by atoms with van der Waals surface area (Å²) < 4.78 is 23.2. The first-order chi connectivity index (χ1) is 25.8. The Morgan fingerprint density at radius 1 is 0.660 bits per heavy atom. The first-order valence-corrected chi connectivity index (χ1v) is 16.5. The molecule has 12 heteroatoms. The molecule has 53 heavy (non-hydrogen) atoms. The molecule has 0 aliphatic carbocycles. The molecule has 0 radical (unpaired) electrons. The van der Waals surface area contributed by atoms with E-state index in [0.717, 1.165) is 39.8 Å². The fraction of sp³-hybridized carbons (Fsp3) is 0.0732. The molecule has 0 saturated carbocycles. The number of hydrogen-bond donors (Lipinski definition) is 2. The number of pyridine rings is 2. The van der Waals surface area contributed by atoms with Gasteiger partial charge in [0.15, 0.2) is 5.82 Å². The van der Waals surface area contributed by atoms with Crippen molar-refractivity contribution in [2.24, 2.45) is 14.1 Å². The van der Waals surface area contributed by atoms with E-state index in [1.165, 1.54) is 13.3 Å². The number of hydrogen-bond acceptors (Lipinski definition) is 7. The Kier molecular flexibility index (Phi) is 9.66. The number of carbonyl (C=O) groups excluding carboxylic acids is 2. The molecule has 0 spiro atoms. The van der Waals surface area contributed by atoms with Gasteiger partial charge >= 0.3 is 0 Å². The molecule has 262 valence electrons. The van der Waals surface area contributed by atoms with Gasteiger partial charge in [0.25, 0.3) is 11.8 Å². The van der Waals surface area contributed by atoms with Crippen LogP contribution < -0.4 is 15.4 Å². The molecule has 0 saturated heterocycles. The maximum Gasteiger partial charge on any atom is 0.259 e. The van der Waals surface area contributed by atoms with Crippen molar-refractivity contribution in [2.75, 3.05) is 17.7 Å². The number of aryl methyl sites for hydroxylation is 2. The van der Waals surface area contributed by atoms with Gasteiger partial charge in [-0.1, -0.05) is 30.3 Å². The molecule has 4 aromatic carbocycles. The zero-order valence-corrected chi connectivity index (χ0v) is 29.0. The van der Waals surface area contributed by atoms with E-state index in [0.29, 0.717) is 39.5 Å². The fourth-order valence-electron chi connectivity index (χ4n) is 5.92. The predicted molar refractivity (Wildman–Crippen MR) is 203 cm³/mol. The highest BCUT2D eigenvalue weighted by molar-refractivity contribution is 6.07. The average molecular weight is 705 g/mol. The first-order valence-electron chi connectivity index (χ1n) is 16.5. The molecule has 0 atom stereocenters. The topological polar surface area (TPSA) is 129 Å². The molecule has 2 amide bonds. The Balaban J connectivity index is 0.000000165. The minimum absolute atomic E-state index is 0.128. The second-order valence-electron chi connectivity index (χ2n) is 12.0. The third-order valence-electron chi connectivity index (χ3n) is 8.62. The zero-order valence-electron chi connectivity index (χ0n) is 29.0. The molecule has 0 fully saturated rings. The summed E-state index contributed by atoms with van der Waals surface area (Å²) in [5, 5.41) is 5.81. The number of aromatic nitrogens is 6. The number of para-hydroxylation sites is 1. The molecule has 2 N–H and O–H groups in total. The van der Waals surface area contributed by atoms with Crippen molar-refractivity contribution in [3.8, 4) is 28.5 Å². The highest BCUT2D eigenvalue weighted by atomic mass is 19.1. The molecule has 4 aromatic heterocycles. The van der Waals surface area contributed by atoms with Crippen LogP contribution in [-0.2, 0) is 14.1 Å². The van der Waals surface area contributed by atoms with E-state index in [9.17, 15) is 14.0 Å². The lowest BCUT2D eigenvalue weighted by molar-refractivity contribution is 0.101. The number of amides is 2. The number of nitrogens with zero attached hydrogens (tertiary/aromatic N) is 6. The number of benzene rings is 4. The van der Waals surface area contributed by atoms with Crippen LogP contribution in [0.1, 0.15) is 20.7 Å². The normalized spacial score (nSPS) is 10.8. The number of rotatable bonds is 7. The largest absolute Gasteiger partial charge is 0.496 e. The number of fused-ring (bicyclic) bond motifs is 2. The molecule has 11 nitrogen and oxygen atoms in total. The quantitative estimate of drug-likeness (QED) is 0.172. The number of carbonyl (C=O) groups is 2. The molecule has 0 bridgehead atoms. The Morgan fingerprint density at radius 2 is 1.25 bits per heavy atom. The number of nitrogens with one attached hydrogen (secondary N) is 2. The van der Waals surface area contributed by atoms with Crippen LogP contribution in [0.5, 0.6) is 5.75 Å². The van der Waals surface area contributed by atoms with E-state index in [4.69, 9.17) is 4.74 Å². The zero-order chi connectivity index (χ0) is 36.9. The van der Waals surface area contributed by atoms with E-state index in [1.807, 2.05) is 60.1 Å². The summed E-state index contributed by atoms with van der Waals surface area (Å²) >= 11 is 0. The maximum absolute atomic E-state index is 14.1. The van der Waals surface area contributed by atoms with E-state index < -0.39 is 5.82 Å². The Morgan fingerprint density at radius 3 is 1.91 bits per heavy atom. The van der Waals surface area contributed by atoms with E-state index in [1.54, 1.807) is 84.7 Å². The molecular formula is C41H33FN8O3. The summed E-state index contributed by atoms with van der Waals surface area (Å²) in [5.74, 6) is 1.01. The van der Waals surface area contributed by atoms with Crippen LogP contribution in [0.15, 0.2) is 134 Å². The lowest BCUT2D eigenvalue weighted by Crippen LogP contribution is -2.13. The van der Waals surface area contributed by atoms with Crippen LogP contribution in [0, 0.1) is 5.82 Å². The van der Waals surface area contributed by atoms with E-state index >= 15 is 0 Å². The van der Waals surface area contributed by atoms with E-state index in [2.05, 4.69) is 30.6 Å². The minimum atomic E-state index is -0.439. The molecule has 0 aliphatic heterocycles. The van der Waals surface area contributed by atoms with Crippen molar-refractivity contribution >= 4 is 45.3 Å². The monoisotopic (exact) mass is 704 g/mol. The molecule has 8 rings (SSSR count). The fourth-order valence-corrected chi connectivity index (χ4v) is 5.92. The SMILES string of the molecule is COc1ccccc1C(=O)Nc1ccc2nc(-c3ccncc3F)n(C)c2c1.Cn1c(-c2ccncc2)nc2ccc(NC(=O)c3ccccc3)cc21. The summed E-state index contributed by atoms with van der Waals surface area (Å²) in [7, 11) is 5.29. The van der Waals surface area contributed by atoms with Crippen molar-refractivity contribution in [3.63, 3.8) is 0 Å². The second-order valence-corrected chi connectivity index (χ2v) is 12.0. The van der Waals surface area contributed by atoms with Gasteiger partial charge in [-0.15, -0.1) is 0 Å². The Hall–Kier alpha value is -7.21. The molecule has 0 unspecified atom stereocenters. The van der Waals surface area contributed by atoms with Crippen LogP contribution in [-0.4, -0.2) is 48.0 Å². The van der Waals surface area contributed by atoms with Crippen molar-refractivity contribution in [3.05, 3.63) is 151 Å². The minimum Gasteiger partial charge on any atom is -0.496 e. The van der Waals surface area contributed by atoms with Crippen molar-refractivity contribution < 1.29 is 18.7 Å².